The van der Waals surface area contributed by atoms with E-state index in [0.717, 1.165) is 19.3 Å². The van der Waals surface area contributed by atoms with Crippen molar-refractivity contribution in [2.45, 2.75) is 38.3 Å². The lowest BCUT2D eigenvalue weighted by atomic mass is 9.97. The van der Waals surface area contributed by atoms with Crippen molar-refractivity contribution >= 4 is 34.2 Å². The number of carbonyl (C=O) groups excluding carboxylic acids is 1. The monoisotopic (exact) mass is 394 g/mol. The second kappa shape index (κ2) is 8.70. The molecule has 1 aromatic rings. The number of hydrogen-bond donors (Lipinski definition) is 1. The van der Waals surface area contributed by atoms with Gasteiger partial charge in [0, 0.05) is 23.1 Å². The third-order valence-electron chi connectivity index (χ3n) is 3.72. The van der Waals surface area contributed by atoms with Crippen LogP contribution < -0.4 is 10.5 Å². The van der Waals surface area contributed by atoms with E-state index in [9.17, 15) is 9.18 Å². The molecule has 2 unspecified atom stereocenters. The van der Waals surface area contributed by atoms with Crippen molar-refractivity contribution in [2.75, 3.05) is 13.2 Å². The molecule has 1 aliphatic heterocycles. The molecule has 4 nitrogen and oxygen atoms in total. The number of nitrogens with two attached hydrogens (primary N) is 1. The second-order valence-electron chi connectivity index (χ2n) is 5.37. The maximum atomic E-state index is 13.6. The maximum Gasteiger partial charge on any atom is 0.260 e. The van der Waals surface area contributed by atoms with Gasteiger partial charge in [0.2, 0.25) is 0 Å². The molecule has 0 radical (unpaired) electrons. The maximum absolute atomic E-state index is 13.6. The van der Waals surface area contributed by atoms with Crippen LogP contribution in [0.15, 0.2) is 22.7 Å². The highest BCUT2D eigenvalue weighted by atomic mass is 79.9. The lowest BCUT2D eigenvalue weighted by molar-refractivity contribution is -0.137. The van der Waals surface area contributed by atoms with E-state index in [2.05, 4.69) is 15.9 Å². The molecule has 1 amide bonds. The Bertz CT molecular complexity index is 516. The third kappa shape index (κ3) is 4.83. The van der Waals surface area contributed by atoms with Crippen LogP contribution in [-0.4, -0.2) is 36.0 Å². The summed E-state index contributed by atoms with van der Waals surface area (Å²) in [6, 6.07) is 4.47. The van der Waals surface area contributed by atoms with Crippen molar-refractivity contribution in [1.29, 1.82) is 0 Å². The van der Waals surface area contributed by atoms with Gasteiger partial charge in [-0.25, -0.2) is 4.39 Å². The van der Waals surface area contributed by atoms with Crippen molar-refractivity contribution in [3.63, 3.8) is 0 Å². The number of nitrogens with zero attached hydrogens (tertiary/aromatic N) is 1. The topological polar surface area (TPSA) is 55.6 Å². The fourth-order valence-electron chi connectivity index (χ4n) is 2.63. The van der Waals surface area contributed by atoms with Crippen LogP contribution in [0, 0.1) is 5.82 Å². The fraction of sp³-hybridized carbons (Fsp3) is 0.533. The quantitative estimate of drug-likeness (QED) is 0.852. The summed E-state index contributed by atoms with van der Waals surface area (Å²) in [5, 5.41) is 0. The lowest BCUT2D eigenvalue weighted by Crippen LogP contribution is -2.52. The molecule has 0 bridgehead atoms. The summed E-state index contributed by atoms with van der Waals surface area (Å²) in [6.45, 7) is 2.44. The van der Waals surface area contributed by atoms with Crippen LogP contribution in [0.5, 0.6) is 5.75 Å². The average Bonchev–Trinajstić information content (AvgIpc) is 2.46. The minimum atomic E-state index is -0.487. The Morgan fingerprint density at radius 3 is 2.91 bits per heavy atom. The number of halogens is 3. The van der Waals surface area contributed by atoms with Gasteiger partial charge >= 0.3 is 0 Å². The van der Waals surface area contributed by atoms with Crippen LogP contribution in [0.1, 0.15) is 26.2 Å². The smallest absolute Gasteiger partial charge is 0.260 e. The van der Waals surface area contributed by atoms with E-state index in [1.54, 1.807) is 11.0 Å². The number of benzene rings is 1. The molecular formula is C15H21BrClFN2O2. The zero-order chi connectivity index (χ0) is 15.4. The third-order valence-corrected chi connectivity index (χ3v) is 4.21. The van der Waals surface area contributed by atoms with E-state index in [1.807, 2.05) is 6.92 Å². The van der Waals surface area contributed by atoms with Crippen LogP contribution in [0.25, 0.3) is 0 Å². The molecular weight excluding hydrogens is 375 g/mol. The van der Waals surface area contributed by atoms with Crippen molar-refractivity contribution in [2.24, 2.45) is 5.73 Å². The minimum absolute atomic E-state index is 0. The van der Waals surface area contributed by atoms with Crippen LogP contribution >= 0.6 is 28.3 Å². The molecule has 0 aliphatic carbocycles. The molecule has 1 saturated heterocycles. The molecule has 0 spiro atoms. The number of carbonyl (C=O) groups is 1. The summed E-state index contributed by atoms with van der Waals surface area (Å²) in [5.41, 5.74) is 5.94. The van der Waals surface area contributed by atoms with Crippen LogP contribution in [0.4, 0.5) is 4.39 Å². The van der Waals surface area contributed by atoms with E-state index < -0.39 is 5.82 Å². The summed E-state index contributed by atoms with van der Waals surface area (Å²) in [7, 11) is 0. The standard InChI is InChI=1S/C15H20BrFN2O2.ClH/c1-10(18)13-4-2-3-7-19(13)15(20)9-21-14-6-5-11(16)8-12(14)17;/h5-6,8,10,13H,2-4,7,9,18H2,1H3;1H. The Morgan fingerprint density at radius 1 is 1.55 bits per heavy atom. The van der Waals surface area contributed by atoms with Gasteiger partial charge < -0.3 is 15.4 Å². The summed E-state index contributed by atoms with van der Waals surface area (Å²) >= 11 is 3.18. The molecule has 0 aromatic heterocycles. The zero-order valence-corrected chi connectivity index (χ0v) is 14.8. The van der Waals surface area contributed by atoms with Gasteiger partial charge in [0.25, 0.3) is 5.91 Å². The highest BCUT2D eigenvalue weighted by Gasteiger charge is 2.29. The Kier molecular flexibility index (Phi) is 7.59. The molecule has 22 heavy (non-hydrogen) atoms. The largest absolute Gasteiger partial charge is 0.481 e. The Hall–Kier alpha value is -0.850. The van der Waals surface area contributed by atoms with Crippen LogP contribution in [0.3, 0.4) is 0 Å². The van der Waals surface area contributed by atoms with Crippen LogP contribution in [-0.2, 0) is 4.79 Å². The van der Waals surface area contributed by atoms with E-state index in [4.69, 9.17) is 10.5 Å². The van der Waals surface area contributed by atoms with Gasteiger partial charge in [-0.15, -0.1) is 12.4 Å². The Labute approximate surface area is 144 Å². The molecule has 1 aromatic carbocycles. The van der Waals surface area contributed by atoms with E-state index in [1.165, 1.54) is 12.1 Å². The molecule has 0 saturated carbocycles. The number of piperidine rings is 1. The van der Waals surface area contributed by atoms with E-state index in [-0.39, 0.29) is 42.8 Å². The Balaban J connectivity index is 0.00000242. The number of amides is 1. The zero-order valence-electron chi connectivity index (χ0n) is 12.4. The highest BCUT2D eigenvalue weighted by molar-refractivity contribution is 9.10. The van der Waals surface area contributed by atoms with Gasteiger partial charge in [0.15, 0.2) is 18.2 Å². The SMILES string of the molecule is CC(N)C1CCCCN1C(=O)COc1ccc(Br)cc1F.Cl. The first-order chi connectivity index (χ1) is 9.99. The van der Waals surface area contributed by atoms with E-state index in [0.29, 0.717) is 11.0 Å². The normalized spacial score (nSPS) is 19.3. The average molecular weight is 396 g/mol. The minimum Gasteiger partial charge on any atom is -0.481 e. The number of hydrogen-bond acceptors (Lipinski definition) is 3. The highest BCUT2D eigenvalue weighted by Crippen LogP contribution is 2.22. The van der Waals surface area contributed by atoms with Gasteiger partial charge in [0.05, 0.1) is 0 Å². The predicted octanol–water partition coefficient (Wildman–Crippen LogP) is 3.12. The first-order valence-electron chi connectivity index (χ1n) is 7.12. The van der Waals surface area contributed by atoms with Crippen molar-refractivity contribution in [3.8, 4) is 5.75 Å². The van der Waals surface area contributed by atoms with E-state index >= 15 is 0 Å². The first-order valence-corrected chi connectivity index (χ1v) is 7.91. The molecule has 2 atom stereocenters. The first kappa shape index (κ1) is 19.2. The molecule has 1 fully saturated rings. The van der Waals surface area contributed by atoms with Gasteiger partial charge in [-0.2, -0.15) is 0 Å². The molecule has 2 rings (SSSR count). The molecule has 7 heteroatoms. The molecule has 124 valence electrons. The fourth-order valence-corrected chi connectivity index (χ4v) is 2.96. The van der Waals surface area contributed by atoms with Crippen molar-refractivity contribution in [3.05, 3.63) is 28.5 Å². The van der Waals surface area contributed by atoms with Gasteiger partial charge in [-0.3, -0.25) is 4.79 Å². The van der Waals surface area contributed by atoms with Crippen molar-refractivity contribution in [1.82, 2.24) is 4.90 Å². The number of ether oxygens (including phenoxy) is 1. The van der Waals surface area contributed by atoms with Crippen LogP contribution in [0.2, 0.25) is 0 Å². The van der Waals surface area contributed by atoms with Gasteiger partial charge in [-0.1, -0.05) is 15.9 Å². The summed E-state index contributed by atoms with van der Waals surface area (Å²) in [6.07, 6.45) is 2.97. The van der Waals surface area contributed by atoms with Crippen molar-refractivity contribution < 1.29 is 13.9 Å². The molecule has 2 N–H and O–H groups in total. The Morgan fingerprint density at radius 2 is 2.27 bits per heavy atom. The summed E-state index contributed by atoms with van der Waals surface area (Å²) < 4.78 is 19.6. The van der Waals surface area contributed by atoms with Gasteiger partial charge in [0.1, 0.15) is 0 Å². The molecule has 1 heterocycles. The lowest BCUT2D eigenvalue weighted by Gasteiger charge is -2.38. The van der Waals surface area contributed by atoms with Gasteiger partial charge in [-0.05, 0) is 44.4 Å². The summed E-state index contributed by atoms with van der Waals surface area (Å²) in [5.74, 6) is -0.542. The predicted molar refractivity (Wildman–Crippen MR) is 89.8 cm³/mol. The summed E-state index contributed by atoms with van der Waals surface area (Å²) in [4.78, 5) is 14.0. The second-order valence-corrected chi connectivity index (χ2v) is 6.29. The number of rotatable bonds is 4. The number of likely N-dealkylation sites (tertiary alicyclic amines) is 1. The molecule has 1 aliphatic rings.